The van der Waals surface area contributed by atoms with Gasteiger partial charge in [0, 0.05) is 26.8 Å². The van der Waals surface area contributed by atoms with Gasteiger partial charge in [0.05, 0.1) is 5.39 Å². The van der Waals surface area contributed by atoms with Crippen molar-refractivity contribution < 1.29 is 4.42 Å². The molecule has 4 aromatic rings. The third kappa shape index (κ3) is 2.18. The number of pyridine rings is 1. The second-order valence-electron chi connectivity index (χ2n) is 4.64. The van der Waals surface area contributed by atoms with Crippen molar-refractivity contribution in [3.63, 3.8) is 0 Å². The molecule has 0 spiro atoms. The molecule has 4 rings (SSSR count). The van der Waals surface area contributed by atoms with Crippen LogP contribution in [0.4, 0.5) is 0 Å². The monoisotopic (exact) mass is 357 g/mol. The smallest absolute Gasteiger partial charge is 0.193 e. The van der Waals surface area contributed by atoms with Crippen LogP contribution in [0.1, 0.15) is 0 Å². The summed E-state index contributed by atoms with van der Waals surface area (Å²) in [7, 11) is 0. The van der Waals surface area contributed by atoms with Gasteiger partial charge in [-0.25, -0.2) is 0 Å². The maximum Gasteiger partial charge on any atom is 0.193 e. The second kappa shape index (κ2) is 4.79. The quantitative estimate of drug-likeness (QED) is 0.489. The van der Waals surface area contributed by atoms with Crippen molar-refractivity contribution in [3.05, 3.63) is 62.7 Å². The molecule has 102 valence electrons. The summed E-state index contributed by atoms with van der Waals surface area (Å²) in [5.74, 6) is 0.491. The zero-order chi connectivity index (χ0) is 14.4. The summed E-state index contributed by atoms with van der Waals surface area (Å²) in [6, 6.07) is 10.9. The summed E-state index contributed by atoms with van der Waals surface area (Å²) >= 11 is 5.00. The number of hydrogen-bond acceptors (Lipinski definition) is 4. The van der Waals surface area contributed by atoms with Crippen molar-refractivity contribution in [2.45, 2.75) is 0 Å². The lowest BCUT2D eigenvalue weighted by molar-refractivity contribution is 0.616. The fraction of sp³-hybridized carbons (Fsp3) is 0. The Morgan fingerprint density at radius 3 is 2.95 bits per heavy atom. The molecule has 0 aliphatic rings. The van der Waals surface area contributed by atoms with E-state index in [2.05, 4.69) is 20.9 Å². The molecule has 1 aromatic carbocycles. The van der Waals surface area contributed by atoms with Crippen LogP contribution in [-0.4, -0.2) is 4.98 Å². The standard InChI is InChI=1S/C16H8BrNO2S/c17-10-1-2-14-11(5-10)13(19)7-15(20-14)12-6-16-9(8-18-12)3-4-21-16/h1-8H. The van der Waals surface area contributed by atoms with Crippen LogP contribution in [0.5, 0.6) is 0 Å². The summed E-state index contributed by atoms with van der Waals surface area (Å²) in [6.07, 6.45) is 1.80. The molecule has 0 N–H and O–H groups in total. The summed E-state index contributed by atoms with van der Waals surface area (Å²) in [4.78, 5) is 16.6. The number of aromatic nitrogens is 1. The fourth-order valence-electron chi connectivity index (χ4n) is 2.24. The number of nitrogens with zero attached hydrogens (tertiary/aromatic N) is 1. The minimum atomic E-state index is -0.0689. The minimum absolute atomic E-state index is 0.0689. The third-order valence-corrected chi connectivity index (χ3v) is 4.65. The number of hydrogen-bond donors (Lipinski definition) is 0. The van der Waals surface area contributed by atoms with Gasteiger partial charge in [-0.2, -0.15) is 0 Å². The van der Waals surface area contributed by atoms with Crippen LogP contribution < -0.4 is 5.43 Å². The lowest BCUT2D eigenvalue weighted by Gasteiger charge is -2.03. The van der Waals surface area contributed by atoms with E-state index in [0.29, 0.717) is 22.4 Å². The summed E-state index contributed by atoms with van der Waals surface area (Å²) < 4.78 is 7.81. The van der Waals surface area contributed by atoms with Gasteiger partial charge in [-0.3, -0.25) is 9.78 Å². The van der Waals surface area contributed by atoms with Crippen molar-refractivity contribution in [1.82, 2.24) is 4.98 Å². The average Bonchev–Trinajstić information content (AvgIpc) is 2.95. The predicted octanol–water partition coefficient (Wildman–Crippen LogP) is 4.83. The molecule has 0 unspecified atom stereocenters. The van der Waals surface area contributed by atoms with E-state index >= 15 is 0 Å². The van der Waals surface area contributed by atoms with E-state index in [-0.39, 0.29) is 5.43 Å². The van der Waals surface area contributed by atoms with Gasteiger partial charge in [-0.15, -0.1) is 11.3 Å². The molecule has 0 fully saturated rings. The topological polar surface area (TPSA) is 43.1 Å². The van der Waals surface area contributed by atoms with Gasteiger partial charge < -0.3 is 4.42 Å². The summed E-state index contributed by atoms with van der Waals surface area (Å²) in [5.41, 5.74) is 1.17. The van der Waals surface area contributed by atoms with Crippen molar-refractivity contribution in [1.29, 1.82) is 0 Å². The van der Waals surface area contributed by atoms with Crippen molar-refractivity contribution in [2.24, 2.45) is 0 Å². The first-order valence-corrected chi connectivity index (χ1v) is 7.95. The second-order valence-corrected chi connectivity index (χ2v) is 6.51. The number of rotatable bonds is 1. The normalized spacial score (nSPS) is 11.3. The predicted molar refractivity (Wildman–Crippen MR) is 88.8 cm³/mol. The zero-order valence-corrected chi connectivity index (χ0v) is 13.1. The number of benzene rings is 1. The number of thiophene rings is 1. The van der Waals surface area contributed by atoms with Crippen molar-refractivity contribution in [3.8, 4) is 11.5 Å². The maximum absolute atomic E-state index is 12.2. The molecule has 5 heteroatoms. The molecule has 0 saturated heterocycles. The Kier molecular flexibility index (Phi) is 2.90. The van der Waals surface area contributed by atoms with E-state index in [1.54, 1.807) is 29.7 Å². The Labute approximate surface area is 132 Å². The van der Waals surface area contributed by atoms with E-state index in [1.165, 1.54) is 6.07 Å². The Balaban J connectivity index is 1.97. The van der Waals surface area contributed by atoms with Gasteiger partial charge in [-0.05, 0) is 35.7 Å². The lowest BCUT2D eigenvalue weighted by atomic mass is 10.2. The fourth-order valence-corrected chi connectivity index (χ4v) is 3.40. The lowest BCUT2D eigenvalue weighted by Crippen LogP contribution is -2.00. The van der Waals surface area contributed by atoms with Gasteiger partial charge >= 0.3 is 0 Å². The summed E-state index contributed by atoms with van der Waals surface area (Å²) in [5, 5.41) is 3.67. The van der Waals surface area contributed by atoms with Crippen LogP contribution in [0.3, 0.4) is 0 Å². The molecule has 0 bridgehead atoms. The van der Waals surface area contributed by atoms with Gasteiger partial charge in [0.1, 0.15) is 11.3 Å². The highest BCUT2D eigenvalue weighted by Gasteiger charge is 2.09. The molecule has 0 atom stereocenters. The van der Waals surface area contributed by atoms with Crippen LogP contribution in [0.15, 0.2) is 61.7 Å². The SMILES string of the molecule is O=c1cc(-c2cc3sccc3cn2)oc2ccc(Br)cc12. The number of fused-ring (bicyclic) bond motifs is 2. The third-order valence-electron chi connectivity index (χ3n) is 3.28. The van der Waals surface area contributed by atoms with Crippen LogP contribution in [0.2, 0.25) is 0 Å². The Bertz CT molecular complexity index is 1040. The molecule has 3 nitrogen and oxygen atoms in total. The highest BCUT2D eigenvalue weighted by Crippen LogP contribution is 2.27. The van der Waals surface area contributed by atoms with Gasteiger partial charge in [0.15, 0.2) is 11.2 Å². The van der Waals surface area contributed by atoms with E-state index in [0.717, 1.165) is 14.6 Å². The van der Waals surface area contributed by atoms with Crippen molar-refractivity contribution >= 4 is 48.3 Å². The van der Waals surface area contributed by atoms with Crippen LogP contribution in [-0.2, 0) is 0 Å². The molecule has 0 aliphatic carbocycles. The molecule has 0 radical (unpaired) electrons. The molecule has 3 heterocycles. The van der Waals surface area contributed by atoms with Gasteiger partial charge in [-0.1, -0.05) is 15.9 Å². The zero-order valence-electron chi connectivity index (χ0n) is 10.7. The minimum Gasteiger partial charge on any atom is -0.454 e. The van der Waals surface area contributed by atoms with Crippen LogP contribution in [0.25, 0.3) is 32.5 Å². The molecule has 0 amide bonds. The highest BCUT2D eigenvalue weighted by molar-refractivity contribution is 9.10. The first kappa shape index (κ1) is 12.7. The van der Waals surface area contributed by atoms with E-state index in [9.17, 15) is 4.79 Å². The molecule has 0 saturated carbocycles. The molecule has 21 heavy (non-hydrogen) atoms. The first-order chi connectivity index (χ1) is 10.2. The largest absolute Gasteiger partial charge is 0.454 e. The van der Waals surface area contributed by atoms with Gasteiger partial charge in [0.2, 0.25) is 0 Å². The highest BCUT2D eigenvalue weighted by atomic mass is 79.9. The van der Waals surface area contributed by atoms with E-state index in [1.807, 2.05) is 23.6 Å². The molecular formula is C16H8BrNO2S. The summed E-state index contributed by atoms with van der Waals surface area (Å²) in [6.45, 7) is 0. The Hall–Kier alpha value is -1.98. The first-order valence-electron chi connectivity index (χ1n) is 6.28. The van der Waals surface area contributed by atoms with Crippen LogP contribution >= 0.6 is 27.3 Å². The molecule has 0 aliphatic heterocycles. The van der Waals surface area contributed by atoms with E-state index in [4.69, 9.17) is 4.42 Å². The van der Waals surface area contributed by atoms with Crippen molar-refractivity contribution in [2.75, 3.05) is 0 Å². The Morgan fingerprint density at radius 2 is 2.05 bits per heavy atom. The molecular weight excluding hydrogens is 350 g/mol. The van der Waals surface area contributed by atoms with Crippen LogP contribution in [0, 0.1) is 0 Å². The maximum atomic E-state index is 12.2. The number of halogens is 1. The van der Waals surface area contributed by atoms with E-state index < -0.39 is 0 Å². The molecule has 3 aromatic heterocycles. The average molecular weight is 358 g/mol. The Morgan fingerprint density at radius 1 is 1.14 bits per heavy atom. The van der Waals surface area contributed by atoms with Gasteiger partial charge in [0.25, 0.3) is 0 Å².